The number of allylic oxidation sites excluding steroid dienone is 1. The molecule has 1 saturated heterocycles. The second-order valence-corrected chi connectivity index (χ2v) is 14.4. The summed E-state index contributed by atoms with van der Waals surface area (Å²) < 4.78 is 10.5. The summed E-state index contributed by atoms with van der Waals surface area (Å²) in [5, 5.41) is 14.7. The molecule has 6 heteroatoms. The molecule has 3 saturated carbocycles. The molecule has 1 heterocycles. The second kappa shape index (κ2) is 11.1. The number of aryl methyl sites for hydroxylation is 1. The number of aliphatic hydroxyl groups excluding tert-OH is 1. The average Bonchev–Trinajstić information content (AvgIpc) is 3.44. The molecule has 5 aliphatic rings. The molecule has 4 aliphatic carbocycles. The van der Waals surface area contributed by atoms with E-state index in [9.17, 15) is 14.7 Å². The molecule has 0 unspecified atom stereocenters. The van der Waals surface area contributed by atoms with Crippen LogP contribution >= 0.6 is 0 Å². The molecule has 0 bridgehead atoms. The Morgan fingerprint density at radius 2 is 1.88 bits per heavy atom. The Balaban J connectivity index is 1.23. The molecule has 2 N–H and O–H groups in total. The number of aliphatic hydroxyl groups is 1. The summed E-state index contributed by atoms with van der Waals surface area (Å²) in [6.07, 6.45) is 11.8. The highest BCUT2D eigenvalue weighted by atomic mass is 16.5. The molecule has 1 aromatic carbocycles. The van der Waals surface area contributed by atoms with Crippen molar-refractivity contribution >= 4 is 11.9 Å². The van der Waals surface area contributed by atoms with Gasteiger partial charge in [0.15, 0.2) is 6.10 Å². The van der Waals surface area contributed by atoms with E-state index in [0.29, 0.717) is 42.1 Å². The maximum Gasteiger partial charge on any atom is 0.334 e. The van der Waals surface area contributed by atoms with Crippen molar-refractivity contribution in [2.24, 2.45) is 40.4 Å². The van der Waals surface area contributed by atoms with E-state index in [1.54, 1.807) is 0 Å². The highest BCUT2D eigenvalue weighted by Gasteiger charge is 2.64. The van der Waals surface area contributed by atoms with Gasteiger partial charge in [-0.1, -0.05) is 55.8 Å². The SMILES string of the molecule is COC(=O)[C@H](O)C[C@H]1N[C@@H]2[C@@H](C[C@H]3[C@@H]4CC=C5C[C@@H](OC(C)=O)CC[C@]5(C)[C@H]4CC[C@]23C)[C@@H]1CCc1ccccc1. The van der Waals surface area contributed by atoms with Gasteiger partial charge in [0.05, 0.1) is 7.11 Å². The number of fused-ring (bicyclic) bond motifs is 7. The molecule has 224 valence electrons. The molecule has 6 nitrogen and oxygen atoms in total. The Hall–Kier alpha value is -2.18. The first-order valence-electron chi connectivity index (χ1n) is 16.1. The standard InChI is InChI=1S/C35H49NO5/c1-21(37)41-24-14-16-34(2)23(18-24)11-13-26-28(34)15-17-35(3)29(26)19-27-25(12-10-22-8-6-5-7-9-22)30(36-32(27)35)20-31(38)33(39)40-4/h5-9,11,24-32,36,38H,10,12-20H2,1-4H3/t24-,25-,26+,27-,28-,29-,30+,31+,32+,34-,35-/m0/s1. The fourth-order valence-electron chi connectivity index (χ4n) is 10.6. The maximum atomic E-state index is 12.2. The van der Waals surface area contributed by atoms with Crippen LogP contribution in [0.25, 0.3) is 0 Å². The molecular formula is C35H49NO5. The van der Waals surface area contributed by atoms with Crippen molar-refractivity contribution in [3.8, 4) is 0 Å². The van der Waals surface area contributed by atoms with Crippen LogP contribution in [0.5, 0.6) is 0 Å². The van der Waals surface area contributed by atoms with E-state index in [1.807, 2.05) is 0 Å². The van der Waals surface area contributed by atoms with Gasteiger partial charge in [-0.3, -0.25) is 4.79 Å². The second-order valence-electron chi connectivity index (χ2n) is 14.4. The zero-order valence-corrected chi connectivity index (χ0v) is 25.3. The summed E-state index contributed by atoms with van der Waals surface area (Å²) in [4.78, 5) is 23.8. The number of hydrogen-bond acceptors (Lipinski definition) is 6. The van der Waals surface area contributed by atoms with Crippen LogP contribution in [0.3, 0.4) is 0 Å². The monoisotopic (exact) mass is 563 g/mol. The summed E-state index contributed by atoms with van der Waals surface area (Å²) in [5.41, 5.74) is 3.32. The lowest BCUT2D eigenvalue weighted by Gasteiger charge is -2.58. The maximum absolute atomic E-state index is 12.2. The van der Waals surface area contributed by atoms with Crippen molar-refractivity contribution in [3.63, 3.8) is 0 Å². The summed E-state index contributed by atoms with van der Waals surface area (Å²) in [7, 11) is 1.35. The number of benzene rings is 1. The van der Waals surface area contributed by atoms with Gasteiger partial charge in [-0.25, -0.2) is 4.79 Å². The predicted molar refractivity (Wildman–Crippen MR) is 158 cm³/mol. The van der Waals surface area contributed by atoms with Crippen LogP contribution in [0, 0.1) is 40.4 Å². The third kappa shape index (κ3) is 5.07. The smallest absolute Gasteiger partial charge is 0.334 e. The van der Waals surface area contributed by atoms with Crippen molar-refractivity contribution in [2.75, 3.05) is 7.11 Å². The fourth-order valence-corrected chi connectivity index (χ4v) is 10.6. The number of esters is 2. The van der Waals surface area contributed by atoms with E-state index in [-0.39, 0.29) is 28.9 Å². The van der Waals surface area contributed by atoms with Crippen molar-refractivity contribution < 1.29 is 24.2 Å². The van der Waals surface area contributed by atoms with Gasteiger partial charge >= 0.3 is 11.9 Å². The Kier molecular flexibility index (Phi) is 7.86. The van der Waals surface area contributed by atoms with Crippen LogP contribution in [0.2, 0.25) is 0 Å². The number of hydrogen-bond donors (Lipinski definition) is 2. The third-order valence-electron chi connectivity index (χ3n) is 12.5. The van der Waals surface area contributed by atoms with Gasteiger partial charge < -0.3 is 19.9 Å². The van der Waals surface area contributed by atoms with Crippen molar-refractivity contribution in [1.29, 1.82) is 0 Å². The molecule has 0 amide bonds. The van der Waals surface area contributed by atoms with Crippen molar-refractivity contribution in [2.45, 2.75) is 109 Å². The molecule has 11 atom stereocenters. The third-order valence-corrected chi connectivity index (χ3v) is 12.5. The van der Waals surface area contributed by atoms with E-state index < -0.39 is 12.1 Å². The number of carbonyl (C=O) groups is 2. The van der Waals surface area contributed by atoms with Crippen LogP contribution in [0.4, 0.5) is 0 Å². The predicted octanol–water partition coefficient (Wildman–Crippen LogP) is 5.62. The number of rotatable bonds is 7. The molecule has 41 heavy (non-hydrogen) atoms. The Labute approximate surface area is 245 Å². The van der Waals surface area contributed by atoms with Gasteiger partial charge in [0.25, 0.3) is 0 Å². The van der Waals surface area contributed by atoms with Crippen LogP contribution in [0.1, 0.15) is 84.1 Å². The summed E-state index contributed by atoms with van der Waals surface area (Å²) in [6, 6.07) is 11.2. The Bertz CT molecular complexity index is 1170. The summed E-state index contributed by atoms with van der Waals surface area (Å²) in [6.45, 7) is 6.57. The van der Waals surface area contributed by atoms with Crippen molar-refractivity contribution in [3.05, 3.63) is 47.5 Å². The molecule has 1 aliphatic heterocycles. The van der Waals surface area contributed by atoms with E-state index in [4.69, 9.17) is 9.47 Å². The number of methoxy groups -OCH3 is 1. The average molecular weight is 564 g/mol. The van der Waals surface area contributed by atoms with E-state index >= 15 is 0 Å². The zero-order valence-electron chi connectivity index (χ0n) is 25.3. The molecule has 0 spiro atoms. The molecule has 6 rings (SSSR count). The lowest BCUT2D eigenvalue weighted by molar-refractivity contribution is -0.151. The zero-order chi connectivity index (χ0) is 28.9. The van der Waals surface area contributed by atoms with Gasteiger partial charge in [0.2, 0.25) is 0 Å². The molecular weight excluding hydrogens is 514 g/mol. The number of carbonyl (C=O) groups excluding carboxylic acids is 2. The van der Waals surface area contributed by atoms with Crippen LogP contribution in [-0.2, 0) is 25.5 Å². The minimum absolute atomic E-state index is 0.0370. The molecule has 4 fully saturated rings. The van der Waals surface area contributed by atoms with Gasteiger partial charge in [-0.2, -0.15) is 0 Å². The lowest BCUT2D eigenvalue weighted by Crippen LogP contribution is -2.53. The van der Waals surface area contributed by atoms with Gasteiger partial charge in [-0.05, 0) is 104 Å². The minimum Gasteiger partial charge on any atom is -0.467 e. The fraction of sp³-hybridized carbons (Fsp3) is 0.714. The Morgan fingerprint density at radius 1 is 1.10 bits per heavy atom. The lowest BCUT2D eigenvalue weighted by atomic mass is 9.48. The molecule has 1 aromatic rings. The van der Waals surface area contributed by atoms with Gasteiger partial charge in [0, 0.05) is 25.4 Å². The van der Waals surface area contributed by atoms with Gasteiger partial charge in [-0.15, -0.1) is 0 Å². The van der Waals surface area contributed by atoms with Gasteiger partial charge in [0.1, 0.15) is 6.10 Å². The van der Waals surface area contributed by atoms with Crippen LogP contribution < -0.4 is 5.32 Å². The van der Waals surface area contributed by atoms with E-state index in [0.717, 1.165) is 38.5 Å². The Morgan fingerprint density at radius 3 is 2.61 bits per heavy atom. The number of nitrogens with one attached hydrogen (secondary N) is 1. The van der Waals surface area contributed by atoms with Crippen LogP contribution in [-0.4, -0.2) is 48.4 Å². The number of ether oxygens (including phenoxy) is 2. The first-order valence-corrected chi connectivity index (χ1v) is 16.1. The quantitative estimate of drug-likeness (QED) is 0.331. The normalized spacial score (nSPS) is 41.7. The first-order chi connectivity index (χ1) is 19.6. The molecule has 0 aromatic heterocycles. The summed E-state index contributed by atoms with van der Waals surface area (Å²) >= 11 is 0. The molecule has 0 radical (unpaired) electrons. The van der Waals surface area contributed by atoms with E-state index in [1.165, 1.54) is 44.4 Å². The van der Waals surface area contributed by atoms with E-state index in [2.05, 4.69) is 55.6 Å². The summed E-state index contributed by atoms with van der Waals surface area (Å²) in [5.74, 6) is 2.34. The topological polar surface area (TPSA) is 84.9 Å². The first kappa shape index (κ1) is 28.9. The highest BCUT2D eigenvalue weighted by Crippen LogP contribution is 2.67. The minimum atomic E-state index is -1.08. The highest BCUT2D eigenvalue weighted by molar-refractivity contribution is 5.74. The van der Waals surface area contributed by atoms with Crippen LogP contribution in [0.15, 0.2) is 42.0 Å². The largest absolute Gasteiger partial charge is 0.467 e. The van der Waals surface area contributed by atoms with Crippen molar-refractivity contribution in [1.82, 2.24) is 5.32 Å².